The summed E-state index contributed by atoms with van der Waals surface area (Å²) < 4.78 is 1.07. The Morgan fingerprint density at radius 2 is 1.83 bits per heavy atom. The Hall–Kier alpha value is -1.20. The molecule has 1 aliphatic rings. The summed E-state index contributed by atoms with van der Waals surface area (Å²) in [6.45, 7) is 2.14. The van der Waals surface area contributed by atoms with Gasteiger partial charge in [-0.3, -0.25) is 5.10 Å². The van der Waals surface area contributed by atoms with Gasteiger partial charge in [0.2, 0.25) is 0 Å². The fourth-order valence-electron chi connectivity index (χ4n) is 2.28. The molecule has 4 nitrogen and oxygen atoms in total. The highest BCUT2D eigenvalue weighted by molar-refractivity contribution is 9.10. The summed E-state index contributed by atoms with van der Waals surface area (Å²) in [7, 11) is 0. The van der Waals surface area contributed by atoms with Crippen LogP contribution in [0.3, 0.4) is 0 Å². The molecule has 0 aliphatic carbocycles. The van der Waals surface area contributed by atoms with Crippen molar-refractivity contribution < 1.29 is 0 Å². The molecule has 1 aromatic heterocycles. The van der Waals surface area contributed by atoms with Crippen molar-refractivity contribution in [1.29, 1.82) is 0 Å². The predicted octanol–water partition coefficient (Wildman–Crippen LogP) is 2.70. The largest absolute Gasteiger partial charge is 0.317 e. The van der Waals surface area contributed by atoms with E-state index in [-0.39, 0.29) is 0 Å². The monoisotopic (exact) mass is 306 g/mol. The first-order chi connectivity index (χ1) is 8.83. The molecule has 0 bridgehead atoms. The smallest absolute Gasteiger partial charge is 0.181 e. The zero-order valence-corrected chi connectivity index (χ0v) is 11.6. The highest BCUT2D eigenvalue weighted by Gasteiger charge is 2.19. The molecule has 2 heterocycles. The molecule has 0 radical (unpaired) electrons. The highest BCUT2D eigenvalue weighted by atomic mass is 79.9. The van der Waals surface area contributed by atoms with Gasteiger partial charge >= 0.3 is 0 Å². The van der Waals surface area contributed by atoms with Crippen LogP contribution in [-0.4, -0.2) is 28.3 Å². The summed E-state index contributed by atoms with van der Waals surface area (Å²) >= 11 is 3.43. The SMILES string of the molecule is Brc1ccc(-c2n[nH]c(C3CCNCC3)n2)cc1. The maximum Gasteiger partial charge on any atom is 0.181 e. The van der Waals surface area contributed by atoms with Crippen LogP contribution in [0.5, 0.6) is 0 Å². The molecule has 5 heteroatoms. The van der Waals surface area contributed by atoms with Gasteiger partial charge in [0, 0.05) is 16.0 Å². The van der Waals surface area contributed by atoms with Gasteiger partial charge < -0.3 is 5.32 Å². The van der Waals surface area contributed by atoms with Crippen molar-refractivity contribution in [1.82, 2.24) is 20.5 Å². The van der Waals surface area contributed by atoms with Crippen LogP contribution < -0.4 is 5.32 Å². The van der Waals surface area contributed by atoms with Crippen molar-refractivity contribution in [3.05, 3.63) is 34.6 Å². The first kappa shape index (κ1) is 11.9. The standard InChI is InChI=1S/C13H15BrN4/c14-11-3-1-9(2-4-11)12-16-13(18-17-12)10-5-7-15-8-6-10/h1-4,10,15H,5-8H2,(H,16,17,18). The Kier molecular flexibility index (Phi) is 3.43. The lowest BCUT2D eigenvalue weighted by Crippen LogP contribution is -2.27. The number of rotatable bonds is 2. The van der Waals surface area contributed by atoms with E-state index in [1.165, 1.54) is 0 Å². The van der Waals surface area contributed by atoms with E-state index in [1.54, 1.807) is 0 Å². The number of halogens is 1. The Labute approximate surface area is 114 Å². The van der Waals surface area contributed by atoms with Crippen LogP contribution in [0.15, 0.2) is 28.7 Å². The van der Waals surface area contributed by atoms with Crippen molar-refractivity contribution in [2.75, 3.05) is 13.1 Å². The summed E-state index contributed by atoms with van der Waals surface area (Å²) in [4.78, 5) is 4.62. The summed E-state index contributed by atoms with van der Waals surface area (Å²) in [5, 5.41) is 10.8. The van der Waals surface area contributed by atoms with Crippen LogP contribution in [0.4, 0.5) is 0 Å². The molecule has 3 rings (SSSR count). The number of hydrogen-bond acceptors (Lipinski definition) is 3. The lowest BCUT2D eigenvalue weighted by molar-refractivity contribution is 0.446. The number of H-pyrrole nitrogens is 1. The Bertz CT molecular complexity index is 514. The number of hydrogen-bond donors (Lipinski definition) is 2. The number of aromatic amines is 1. The minimum Gasteiger partial charge on any atom is -0.317 e. The van der Waals surface area contributed by atoms with Gasteiger partial charge in [-0.05, 0) is 38.1 Å². The van der Waals surface area contributed by atoms with E-state index >= 15 is 0 Å². The average Bonchev–Trinajstić information content (AvgIpc) is 2.90. The average molecular weight is 307 g/mol. The van der Waals surface area contributed by atoms with Gasteiger partial charge in [-0.1, -0.05) is 28.1 Å². The predicted molar refractivity (Wildman–Crippen MR) is 74.4 cm³/mol. The van der Waals surface area contributed by atoms with Crippen molar-refractivity contribution in [3.63, 3.8) is 0 Å². The van der Waals surface area contributed by atoms with Crippen molar-refractivity contribution in [3.8, 4) is 11.4 Å². The number of piperidine rings is 1. The molecule has 2 aromatic rings. The van der Waals surface area contributed by atoms with Gasteiger partial charge in [0.15, 0.2) is 5.82 Å². The van der Waals surface area contributed by atoms with E-state index in [4.69, 9.17) is 0 Å². The van der Waals surface area contributed by atoms with Crippen LogP contribution in [0.1, 0.15) is 24.6 Å². The number of benzene rings is 1. The molecular weight excluding hydrogens is 292 g/mol. The third kappa shape index (κ3) is 2.47. The molecule has 0 amide bonds. The second kappa shape index (κ2) is 5.20. The Morgan fingerprint density at radius 1 is 1.11 bits per heavy atom. The second-order valence-electron chi connectivity index (χ2n) is 4.58. The lowest BCUT2D eigenvalue weighted by Gasteiger charge is -2.19. The first-order valence-corrected chi connectivity index (χ1v) is 7.01. The first-order valence-electron chi connectivity index (χ1n) is 6.22. The molecule has 1 fully saturated rings. The summed E-state index contributed by atoms with van der Waals surface area (Å²) in [6, 6.07) is 8.07. The lowest BCUT2D eigenvalue weighted by atomic mass is 9.98. The van der Waals surface area contributed by atoms with E-state index in [2.05, 4.69) is 36.4 Å². The van der Waals surface area contributed by atoms with E-state index in [0.29, 0.717) is 5.92 Å². The maximum atomic E-state index is 4.62. The van der Waals surface area contributed by atoms with E-state index in [0.717, 1.165) is 47.6 Å². The van der Waals surface area contributed by atoms with E-state index < -0.39 is 0 Å². The van der Waals surface area contributed by atoms with E-state index in [9.17, 15) is 0 Å². The Balaban J connectivity index is 1.82. The van der Waals surface area contributed by atoms with Crippen molar-refractivity contribution >= 4 is 15.9 Å². The molecule has 2 N–H and O–H groups in total. The van der Waals surface area contributed by atoms with E-state index in [1.807, 2.05) is 24.3 Å². The quantitative estimate of drug-likeness (QED) is 0.897. The fourth-order valence-corrected chi connectivity index (χ4v) is 2.54. The topological polar surface area (TPSA) is 53.6 Å². The zero-order chi connectivity index (χ0) is 12.4. The second-order valence-corrected chi connectivity index (χ2v) is 5.49. The molecular formula is C13H15BrN4. The van der Waals surface area contributed by atoms with Crippen LogP contribution in [-0.2, 0) is 0 Å². The Morgan fingerprint density at radius 3 is 2.56 bits per heavy atom. The molecule has 1 aromatic carbocycles. The van der Waals surface area contributed by atoms with Crippen LogP contribution in [0, 0.1) is 0 Å². The summed E-state index contributed by atoms with van der Waals surface area (Å²) in [5.74, 6) is 2.33. The summed E-state index contributed by atoms with van der Waals surface area (Å²) in [6.07, 6.45) is 2.27. The molecule has 1 aliphatic heterocycles. The van der Waals surface area contributed by atoms with Crippen molar-refractivity contribution in [2.24, 2.45) is 0 Å². The number of aromatic nitrogens is 3. The van der Waals surface area contributed by atoms with Gasteiger partial charge in [-0.2, -0.15) is 5.10 Å². The fraction of sp³-hybridized carbons (Fsp3) is 0.385. The molecule has 1 saturated heterocycles. The molecule has 18 heavy (non-hydrogen) atoms. The van der Waals surface area contributed by atoms with Crippen molar-refractivity contribution in [2.45, 2.75) is 18.8 Å². The minimum atomic E-state index is 0.517. The number of nitrogens with zero attached hydrogens (tertiary/aromatic N) is 2. The maximum absolute atomic E-state index is 4.62. The van der Waals surface area contributed by atoms with Gasteiger partial charge in [-0.15, -0.1) is 0 Å². The molecule has 0 unspecified atom stereocenters. The van der Waals surface area contributed by atoms with Gasteiger partial charge in [-0.25, -0.2) is 4.98 Å². The third-order valence-electron chi connectivity index (χ3n) is 3.33. The normalized spacial score (nSPS) is 16.9. The molecule has 0 saturated carbocycles. The molecule has 94 valence electrons. The summed E-state index contributed by atoms with van der Waals surface area (Å²) in [5.41, 5.74) is 1.05. The van der Waals surface area contributed by atoms with Gasteiger partial charge in [0.25, 0.3) is 0 Å². The third-order valence-corrected chi connectivity index (χ3v) is 3.86. The molecule has 0 spiro atoms. The van der Waals surface area contributed by atoms with Crippen LogP contribution in [0.25, 0.3) is 11.4 Å². The van der Waals surface area contributed by atoms with Crippen LogP contribution >= 0.6 is 15.9 Å². The number of nitrogens with one attached hydrogen (secondary N) is 2. The van der Waals surface area contributed by atoms with Crippen LogP contribution in [0.2, 0.25) is 0 Å². The zero-order valence-electron chi connectivity index (χ0n) is 9.99. The highest BCUT2D eigenvalue weighted by Crippen LogP contribution is 2.24. The van der Waals surface area contributed by atoms with Gasteiger partial charge in [0.1, 0.15) is 5.82 Å². The molecule has 0 atom stereocenters. The minimum absolute atomic E-state index is 0.517. The van der Waals surface area contributed by atoms with Gasteiger partial charge in [0.05, 0.1) is 0 Å².